The average molecular weight is 275 g/mol. The van der Waals surface area contributed by atoms with Crippen LogP contribution in [-0.4, -0.2) is 11.7 Å². The average Bonchev–Trinajstić information content (AvgIpc) is 2.40. The van der Waals surface area contributed by atoms with Crippen LogP contribution in [0.15, 0.2) is 24.3 Å². The Hall–Kier alpha value is -1.02. The molecule has 1 aromatic rings. The number of phenolic OH excluding ortho intramolecular Hbond substituents is 1. The second-order valence-corrected chi connectivity index (χ2v) is 7.34. The largest absolute Gasteiger partial charge is 0.508 e. The van der Waals surface area contributed by atoms with Crippen LogP contribution in [0.3, 0.4) is 0 Å². The number of benzene rings is 1. The first kappa shape index (κ1) is 15.4. The monoisotopic (exact) mass is 275 g/mol. The van der Waals surface area contributed by atoms with Gasteiger partial charge in [0.15, 0.2) is 0 Å². The summed E-state index contributed by atoms with van der Waals surface area (Å²) in [6.07, 6.45) is 5.42. The summed E-state index contributed by atoms with van der Waals surface area (Å²) >= 11 is 0. The molecule has 0 amide bonds. The van der Waals surface area contributed by atoms with Gasteiger partial charge in [-0.25, -0.2) is 0 Å². The number of aromatic hydroxyl groups is 1. The van der Waals surface area contributed by atoms with Gasteiger partial charge in [-0.1, -0.05) is 39.0 Å². The second kappa shape index (κ2) is 6.62. The predicted molar refractivity (Wildman–Crippen MR) is 84.7 cm³/mol. The summed E-state index contributed by atoms with van der Waals surface area (Å²) in [7, 11) is 0. The van der Waals surface area contributed by atoms with Crippen molar-refractivity contribution >= 4 is 0 Å². The SMILES string of the molecule is CC(C)(C)C1CCC(CNCc2ccccc2O)CC1. The quantitative estimate of drug-likeness (QED) is 0.857. The molecule has 0 aliphatic heterocycles. The fourth-order valence-electron chi connectivity index (χ4n) is 3.30. The van der Waals surface area contributed by atoms with Crippen LogP contribution in [0, 0.1) is 17.3 Å². The van der Waals surface area contributed by atoms with E-state index in [1.54, 1.807) is 6.07 Å². The Kier molecular flexibility index (Phi) is 5.09. The van der Waals surface area contributed by atoms with Gasteiger partial charge in [0.2, 0.25) is 0 Å². The van der Waals surface area contributed by atoms with E-state index in [-0.39, 0.29) is 0 Å². The third-order valence-electron chi connectivity index (χ3n) is 4.81. The lowest BCUT2D eigenvalue weighted by Crippen LogP contribution is -2.30. The van der Waals surface area contributed by atoms with Crippen LogP contribution in [0.2, 0.25) is 0 Å². The molecular formula is C18H29NO. The van der Waals surface area contributed by atoms with Crippen molar-refractivity contribution in [3.8, 4) is 5.75 Å². The zero-order valence-electron chi connectivity index (χ0n) is 13.2. The molecule has 0 bridgehead atoms. The third-order valence-corrected chi connectivity index (χ3v) is 4.81. The maximum Gasteiger partial charge on any atom is 0.120 e. The molecule has 0 atom stereocenters. The molecule has 1 aromatic carbocycles. The summed E-state index contributed by atoms with van der Waals surface area (Å²) in [5.74, 6) is 2.09. The predicted octanol–water partition coefficient (Wildman–Crippen LogP) is 4.33. The number of nitrogens with one attached hydrogen (secondary N) is 1. The Morgan fingerprint density at radius 2 is 1.75 bits per heavy atom. The van der Waals surface area contributed by atoms with E-state index in [0.29, 0.717) is 11.2 Å². The molecule has 0 unspecified atom stereocenters. The van der Waals surface area contributed by atoms with E-state index in [0.717, 1.165) is 30.5 Å². The molecule has 0 spiro atoms. The molecule has 2 nitrogen and oxygen atoms in total. The van der Waals surface area contributed by atoms with Crippen LogP contribution in [0.4, 0.5) is 0 Å². The molecule has 1 aliphatic carbocycles. The highest BCUT2D eigenvalue weighted by atomic mass is 16.3. The molecule has 1 fully saturated rings. The van der Waals surface area contributed by atoms with Crippen molar-refractivity contribution < 1.29 is 5.11 Å². The van der Waals surface area contributed by atoms with Crippen LogP contribution >= 0.6 is 0 Å². The Morgan fingerprint density at radius 1 is 1.10 bits per heavy atom. The minimum absolute atomic E-state index is 0.399. The van der Waals surface area contributed by atoms with Gasteiger partial charge in [-0.15, -0.1) is 0 Å². The van der Waals surface area contributed by atoms with Gasteiger partial charge in [-0.05, 0) is 55.5 Å². The zero-order valence-corrected chi connectivity index (χ0v) is 13.2. The van der Waals surface area contributed by atoms with E-state index in [2.05, 4.69) is 26.1 Å². The van der Waals surface area contributed by atoms with E-state index in [9.17, 15) is 5.11 Å². The summed E-state index contributed by atoms with van der Waals surface area (Å²) in [5.41, 5.74) is 1.46. The first-order chi connectivity index (χ1) is 9.47. The molecule has 0 saturated heterocycles. The van der Waals surface area contributed by atoms with Crippen LogP contribution in [0.1, 0.15) is 52.0 Å². The summed E-state index contributed by atoms with van der Waals surface area (Å²) < 4.78 is 0. The number of hydrogen-bond donors (Lipinski definition) is 2. The fourth-order valence-corrected chi connectivity index (χ4v) is 3.30. The molecule has 2 N–H and O–H groups in total. The maximum atomic E-state index is 9.73. The summed E-state index contributed by atoms with van der Waals surface area (Å²) in [4.78, 5) is 0. The molecule has 0 aromatic heterocycles. The Labute approximate surface area is 123 Å². The van der Waals surface area contributed by atoms with Gasteiger partial charge in [0.05, 0.1) is 0 Å². The number of rotatable bonds is 4. The molecule has 2 heteroatoms. The molecule has 2 rings (SSSR count). The summed E-state index contributed by atoms with van der Waals surface area (Å²) in [6, 6.07) is 7.59. The van der Waals surface area contributed by atoms with Crippen LogP contribution < -0.4 is 5.32 Å². The van der Waals surface area contributed by atoms with Gasteiger partial charge in [-0.2, -0.15) is 0 Å². The van der Waals surface area contributed by atoms with Crippen LogP contribution in [0.25, 0.3) is 0 Å². The van der Waals surface area contributed by atoms with Crippen molar-refractivity contribution in [3.63, 3.8) is 0 Å². The number of para-hydroxylation sites is 1. The first-order valence-electron chi connectivity index (χ1n) is 7.94. The van der Waals surface area contributed by atoms with Crippen molar-refractivity contribution in [2.75, 3.05) is 6.54 Å². The standard InChI is InChI=1S/C18H29NO/c1-18(2,3)16-10-8-14(9-11-16)12-19-13-15-6-4-5-7-17(15)20/h4-7,14,16,19-20H,8-13H2,1-3H3. The van der Waals surface area contributed by atoms with E-state index in [4.69, 9.17) is 0 Å². The summed E-state index contributed by atoms with van der Waals surface area (Å²) in [6.45, 7) is 8.95. The Balaban J connectivity index is 1.71. The highest BCUT2D eigenvalue weighted by molar-refractivity contribution is 5.31. The highest BCUT2D eigenvalue weighted by Crippen LogP contribution is 2.39. The zero-order chi connectivity index (χ0) is 14.6. The van der Waals surface area contributed by atoms with Crippen molar-refractivity contribution in [2.24, 2.45) is 17.3 Å². The Bertz CT molecular complexity index is 414. The minimum atomic E-state index is 0.399. The molecule has 20 heavy (non-hydrogen) atoms. The fraction of sp³-hybridized carbons (Fsp3) is 0.667. The Morgan fingerprint density at radius 3 is 2.35 bits per heavy atom. The van der Waals surface area contributed by atoms with Gasteiger partial charge < -0.3 is 10.4 Å². The minimum Gasteiger partial charge on any atom is -0.508 e. The molecule has 112 valence electrons. The van der Waals surface area contributed by atoms with Gasteiger partial charge >= 0.3 is 0 Å². The van der Waals surface area contributed by atoms with E-state index in [1.807, 2.05) is 18.2 Å². The van der Waals surface area contributed by atoms with Crippen molar-refractivity contribution in [1.82, 2.24) is 5.32 Å². The van der Waals surface area contributed by atoms with Gasteiger partial charge in [-0.3, -0.25) is 0 Å². The topological polar surface area (TPSA) is 32.3 Å². The van der Waals surface area contributed by atoms with Gasteiger partial charge in [0.25, 0.3) is 0 Å². The smallest absolute Gasteiger partial charge is 0.120 e. The normalized spacial score (nSPS) is 23.8. The van der Waals surface area contributed by atoms with Crippen LogP contribution in [0.5, 0.6) is 5.75 Å². The number of phenols is 1. The number of hydrogen-bond acceptors (Lipinski definition) is 2. The second-order valence-electron chi connectivity index (χ2n) is 7.34. The van der Waals surface area contributed by atoms with Gasteiger partial charge in [0.1, 0.15) is 5.75 Å². The van der Waals surface area contributed by atoms with E-state index < -0.39 is 0 Å². The van der Waals surface area contributed by atoms with E-state index >= 15 is 0 Å². The van der Waals surface area contributed by atoms with Crippen molar-refractivity contribution in [3.05, 3.63) is 29.8 Å². The lowest BCUT2D eigenvalue weighted by molar-refractivity contribution is 0.149. The first-order valence-corrected chi connectivity index (χ1v) is 7.94. The van der Waals surface area contributed by atoms with Gasteiger partial charge in [0, 0.05) is 12.1 Å². The lowest BCUT2D eigenvalue weighted by atomic mass is 9.70. The highest BCUT2D eigenvalue weighted by Gasteiger charge is 2.29. The van der Waals surface area contributed by atoms with E-state index in [1.165, 1.54) is 25.7 Å². The molecular weight excluding hydrogens is 246 g/mol. The lowest BCUT2D eigenvalue weighted by Gasteiger charge is -2.37. The van der Waals surface area contributed by atoms with Crippen LogP contribution in [-0.2, 0) is 6.54 Å². The molecule has 0 radical (unpaired) electrons. The molecule has 1 saturated carbocycles. The molecule has 0 heterocycles. The summed E-state index contributed by atoms with van der Waals surface area (Å²) in [5, 5.41) is 13.2. The van der Waals surface area contributed by atoms with Crippen molar-refractivity contribution in [2.45, 2.75) is 53.0 Å². The van der Waals surface area contributed by atoms with Crippen molar-refractivity contribution in [1.29, 1.82) is 0 Å². The molecule has 1 aliphatic rings. The maximum absolute atomic E-state index is 9.73. The third kappa shape index (κ3) is 4.24.